The molecule has 2 atom stereocenters. The molecule has 0 fully saturated rings. The molecule has 2 aromatic rings. The molecular formula is C18H18OS. The van der Waals surface area contributed by atoms with Crippen molar-refractivity contribution in [3.8, 4) is 0 Å². The molecule has 0 radical (unpaired) electrons. The summed E-state index contributed by atoms with van der Waals surface area (Å²) in [4.78, 5) is 0. The highest BCUT2D eigenvalue weighted by Gasteiger charge is 2.23. The van der Waals surface area contributed by atoms with E-state index in [1.54, 1.807) is 12.2 Å². The largest absolute Gasteiger partial charge is 0.258 e. The summed E-state index contributed by atoms with van der Waals surface area (Å²) in [7, 11) is -1.13. The Hall–Kier alpha value is -1.93. The van der Waals surface area contributed by atoms with Crippen molar-refractivity contribution in [1.29, 1.82) is 0 Å². The Morgan fingerprint density at radius 3 is 1.40 bits per heavy atom. The molecule has 2 aromatic carbocycles. The Labute approximate surface area is 123 Å². The third kappa shape index (κ3) is 3.14. The normalized spacial score (nSPS) is 15.0. The second-order valence-electron chi connectivity index (χ2n) is 4.46. The first-order valence-corrected chi connectivity index (χ1v) is 7.80. The fraction of sp³-hybridized carbons (Fsp3) is 0.111. The van der Waals surface area contributed by atoms with Crippen LogP contribution in [0.2, 0.25) is 0 Å². The van der Waals surface area contributed by atoms with Crippen LogP contribution in [0.15, 0.2) is 86.0 Å². The first-order valence-electron chi connectivity index (χ1n) is 6.52. The lowest BCUT2D eigenvalue weighted by atomic mass is 10.1. The van der Waals surface area contributed by atoms with Crippen LogP contribution in [-0.2, 0) is 10.8 Å². The Balaban J connectivity index is 2.32. The first kappa shape index (κ1) is 14.5. The molecule has 0 aliphatic heterocycles. The molecule has 0 bridgehead atoms. The van der Waals surface area contributed by atoms with Gasteiger partial charge in [-0.25, -0.2) is 0 Å². The zero-order valence-corrected chi connectivity index (χ0v) is 12.1. The van der Waals surface area contributed by atoms with Gasteiger partial charge in [-0.15, -0.1) is 13.2 Å². The SMILES string of the molecule is C=CC(c1ccccc1)S(=O)C(C=C)c1ccccc1. The van der Waals surface area contributed by atoms with Crippen molar-refractivity contribution in [3.63, 3.8) is 0 Å². The molecule has 0 aromatic heterocycles. The molecule has 0 aliphatic rings. The van der Waals surface area contributed by atoms with Crippen LogP contribution >= 0.6 is 0 Å². The summed E-state index contributed by atoms with van der Waals surface area (Å²) in [5.74, 6) is 0. The van der Waals surface area contributed by atoms with Crippen molar-refractivity contribution in [2.45, 2.75) is 10.5 Å². The van der Waals surface area contributed by atoms with E-state index in [0.29, 0.717) is 0 Å². The molecule has 2 unspecified atom stereocenters. The summed E-state index contributed by atoms with van der Waals surface area (Å²) in [6.45, 7) is 7.68. The van der Waals surface area contributed by atoms with Crippen molar-refractivity contribution in [3.05, 3.63) is 97.1 Å². The zero-order valence-electron chi connectivity index (χ0n) is 11.3. The smallest absolute Gasteiger partial charge is 0.0784 e. The van der Waals surface area contributed by atoms with Gasteiger partial charge in [0.15, 0.2) is 0 Å². The van der Waals surface area contributed by atoms with E-state index in [4.69, 9.17) is 0 Å². The number of hydrogen-bond acceptors (Lipinski definition) is 1. The molecular weight excluding hydrogens is 264 g/mol. The van der Waals surface area contributed by atoms with E-state index >= 15 is 0 Å². The first-order chi connectivity index (χ1) is 9.77. The van der Waals surface area contributed by atoms with E-state index in [2.05, 4.69) is 13.2 Å². The fourth-order valence-electron chi connectivity index (χ4n) is 2.17. The van der Waals surface area contributed by atoms with E-state index in [1.165, 1.54) is 0 Å². The van der Waals surface area contributed by atoms with Gasteiger partial charge in [0, 0.05) is 10.8 Å². The van der Waals surface area contributed by atoms with Crippen molar-refractivity contribution in [2.75, 3.05) is 0 Å². The van der Waals surface area contributed by atoms with Crippen LogP contribution in [0, 0.1) is 0 Å². The molecule has 0 N–H and O–H groups in total. The molecule has 1 nitrogen and oxygen atoms in total. The highest BCUT2D eigenvalue weighted by atomic mass is 32.2. The second-order valence-corrected chi connectivity index (χ2v) is 6.14. The highest BCUT2D eigenvalue weighted by Crippen LogP contribution is 2.32. The third-order valence-corrected chi connectivity index (χ3v) is 5.12. The van der Waals surface area contributed by atoms with E-state index in [-0.39, 0.29) is 10.5 Å². The number of rotatable bonds is 6. The van der Waals surface area contributed by atoms with Gasteiger partial charge in [0.05, 0.1) is 10.5 Å². The lowest BCUT2D eigenvalue weighted by Gasteiger charge is -2.19. The van der Waals surface area contributed by atoms with E-state index in [9.17, 15) is 4.21 Å². The number of benzene rings is 2. The van der Waals surface area contributed by atoms with Gasteiger partial charge in [0.25, 0.3) is 0 Å². The lowest BCUT2D eigenvalue weighted by molar-refractivity contribution is 0.675. The van der Waals surface area contributed by atoms with Crippen LogP contribution in [0.25, 0.3) is 0 Å². The minimum atomic E-state index is -1.13. The minimum Gasteiger partial charge on any atom is -0.258 e. The predicted molar refractivity (Wildman–Crippen MR) is 86.9 cm³/mol. The van der Waals surface area contributed by atoms with Crippen molar-refractivity contribution < 1.29 is 4.21 Å². The summed E-state index contributed by atoms with van der Waals surface area (Å²) < 4.78 is 12.9. The van der Waals surface area contributed by atoms with Gasteiger partial charge in [-0.3, -0.25) is 4.21 Å². The van der Waals surface area contributed by atoms with Crippen LogP contribution in [0.5, 0.6) is 0 Å². The number of hydrogen-bond donors (Lipinski definition) is 0. The summed E-state index contributed by atoms with van der Waals surface area (Å²) in [5, 5.41) is -0.390. The topological polar surface area (TPSA) is 17.1 Å². The standard InChI is InChI=1S/C18H18OS/c1-3-17(15-11-7-5-8-12-15)20(19)18(4-2)16-13-9-6-10-14-16/h3-14,17-18H,1-2H2. The van der Waals surface area contributed by atoms with Crippen LogP contribution < -0.4 is 0 Å². The van der Waals surface area contributed by atoms with Crippen LogP contribution in [0.4, 0.5) is 0 Å². The molecule has 0 aliphatic carbocycles. The average molecular weight is 282 g/mol. The molecule has 2 heteroatoms. The molecule has 0 spiro atoms. The quantitative estimate of drug-likeness (QED) is 0.708. The van der Waals surface area contributed by atoms with Gasteiger partial charge in [0.1, 0.15) is 0 Å². The molecule has 0 saturated heterocycles. The predicted octanol–water partition coefficient (Wildman–Crippen LogP) is 4.59. The molecule has 0 amide bonds. The summed E-state index contributed by atoms with van der Waals surface area (Å²) >= 11 is 0. The molecule has 0 saturated carbocycles. The van der Waals surface area contributed by atoms with E-state index < -0.39 is 10.8 Å². The Bertz CT molecular complexity index is 536. The van der Waals surface area contributed by atoms with Crippen LogP contribution in [0.3, 0.4) is 0 Å². The van der Waals surface area contributed by atoms with Crippen molar-refractivity contribution in [1.82, 2.24) is 0 Å². The molecule has 0 heterocycles. The monoisotopic (exact) mass is 282 g/mol. The minimum absolute atomic E-state index is 0.195. The molecule has 20 heavy (non-hydrogen) atoms. The van der Waals surface area contributed by atoms with Gasteiger partial charge in [0.2, 0.25) is 0 Å². The van der Waals surface area contributed by atoms with Gasteiger partial charge in [-0.2, -0.15) is 0 Å². The van der Waals surface area contributed by atoms with E-state index in [0.717, 1.165) is 11.1 Å². The van der Waals surface area contributed by atoms with Gasteiger partial charge in [-0.05, 0) is 11.1 Å². The Kier molecular flexibility index (Phi) is 5.08. The van der Waals surface area contributed by atoms with Crippen molar-refractivity contribution in [2.24, 2.45) is 0 Å². The summed E-state index contributed by atoms with van der Waals surface area (Å²) in [5.41, 5.74) is 2.03. The third-order valence-electron chi connectivity index (χ3n) is 3.18. The van der Waals surface area contributed by atoms with Crippen LogP contribution in [0.1, 0.15) is 21.6 Å². The summed E-state index contributed by atoms with van der Waals surface area (Å²) in [6.07, 6.45) is 3.51. The fourth-order valence-corrected chi connectivity index (χ4v) is 3.72. The van der Waals surface area contributed by atoms with Gasteiger partial charge >= 0.3 is 0 Å². The maximum atomic E-state index is 12.9. The van der Waals surface area contributed by atoms with Crippen LogP contribution in [-0.4, -0.2) is 4.21 Å². The lowest BCUT2D eigenvalue weighted by Crippen LogP contribution is -2.11. The summed E-state index contributed by atoms with van der Waals surface area (Å²) in [6, 6.07) is 19.6. The second kappa shape index (κ2) is 7.01. The average Bonchev–Trinajstić information content (AvgIpc) is 2.51. The Morgan fingerprint density at radius 2 is 1.10 bits per heavy atom. The molecule has 2 rings (SSSR count). The van der Waals surface area contributed by atoms with Gasteiger partial charge in [-0.1, -0.05) is 72.8 Å². The zero-order chi connectivity index (χ0) is 14.4. The van der Waals surface area contributed by atoms with E-state index in [1.807, 2.05) is 60.7 Å². The van der Waals surface area contributed by atoms with Gasteiger partial charge < -0.3 is 0 Å². The Morgan fingerprint density at radius 1 is 0.750 bits per heavy atom. The highest BCUT2D eigenvalue weighted by molar-refractivity contribution is 7.85. The maximum Gasteiger partial charge on any atom is 0.0784 e. The molecule has 102 valence electrons. The van der Waals surface area contributed by atoms with Crippen molar-refractivity contribution >= 4 is 10.8 Å². The maximum absolute atomic E-state index is 12.9.